The van der Waals surface area contributed by atoms with E-state index >= 15 is 0 Å². The van der Waals surface area contributed by atoms with Gasteiger partial charge in [0.25, 0.3) is 0 Å². The summed E-state index contributed by atoms with van der Waals surface area (Å²) in [5.41, 5.74) is 0. The standard InChI is InChI=1S/C16H29N3O2/c1-2-17-15(20)4-3-5-16(21)19-10-8-14(9-11-19)18-12-13-6-7-13/h13-14,18H,2-12H2,1H3,(H,17,20). The summed E-state index contributed by atoms with van der Waals surface area (Å²) in [7, 11) is 0. The van der Waals surface area contributed by atoms with E-state index in [0.717, 1.165) is 38.4 Å². The second-order valence-corrected chi connectivity index (χ2v) is 6.31. The van der Waals surface area contributed by atoms with Gasteiger partial charge in [0.15, 0.2) is 0 Å². The first-order chi connectivity index (χ1) is 10.2. The lowest BCUT2D eigenvalue weighted by atomic mass is 10.0. The monoisotopic (exact) mass is 295 g/mol. The van der Waals surface area contributed by atoms with E-state index in [1.165, 1.54) is 12.8 Å². The Hall–Kier alpha value is -1.10. The van der Waals surface area contributed by atoms with Crippen LogP contribution < -0.4 is 10.6 Å². The van der Waals surface area contributed by atoms with Crippen LogP contribution in [-0.2, 0) is 9.59 Å². The molecule has 1 heterocycles. The Kier molecular flexibility index (Phi) is 6.49. The lowest BCUT2D eigenvalue weighted by Crippen LogP contribution is -2.45. The Labute approximate surface area is 127 Å². The summed E-state index contributed by atoms with van der Waals surface area (Å²) >= 11 is 0. The van der Waals surface area contributed by atoms with Gasteiger partial charge in [-0.1, -0.05) is 0 Å². The summed E-state index contributed by atoms with van der Waals surface area (Å²) in [4.78, 5) is 25.4. The highest BCUT2D eigenvalue weighted by Crippen LogP contribution is 2.28. The Morgan fingerprint density at radius 3 is 2.43 bits per heavy atom. The van der Waals surface area contributed by atoms with Gasteiger partial charge < -0.3 is 15.5 Å². The molecule has 5 heteroatoms. The molecule has 0 bridgehead atoms. The third-order valence-electron chi connectivity index (χ3n) is 4.41. The molecule has 0 aromatic rings. The maximum absolute atomic E-state index is 12.1. The Morgan fingerprint density at radius 1 is 1.10 bits per heavy atom. The molecule has 1 saturated heterocycles. The van der Waals surface area contributed by atoms with Gasteiger partial charge in [-0.2, -0.15) is 0 Å². The van der Waals surface area contributed by atoms with Crippen molar-refractivity contribution in [3.8, 4) is 0 Å². The van der Waals surface area contributed by atoms with Gasteiger partial charge >= 0.3 is 0 Å². The number of hydrogen-bond donors (Lipinski definition) is 2. The van der Waals surface area contributed by atoms with E-state index in [2.05, 4.69) is 10.6 Å². The Bertz CT molecular complexity index is 347. The molecule has 21 heavy (non-hydrogen) atoms. The van der Waals surface area contributed by atoms with Gasteiger partial charge in [-0.15, -0.1) is 0 Å². The zero-order valence-corrected chi connectivity index (χ0v) is 13.2. The van der Waals surface area contributed by atoms with E-state index in [0.29, 0.717) is 31.8 Å². The molecule has 1 aliphatic carbocycles. The molecule has 0 radical (unpaired) electrons. The van der Waals surface area contributed by atoms with Crippen LogP contribution in [0.5, 0.6) is 0 Å². The molecule has 2 aliphatic rings. The zero-order valence-electron chi connectivity index (χ0n) is 13.2. The summed E-state index contributed by atoms with van der Waals surface area (Å²) < 4.78 is 0. The van der Waals surface area contributed by atoms with Crippen molar-refractivity contribution in [1.82, 2.24) is 15.5 Å². The second kappa shape index (κ2) is 8.37. The lowest BCUT2D eigenvalue weighted by Gasteiger charge is -2.32. The maximum Gasteiger partial charge on any atom is 0.222 e. The topological polar surface area (TPSA) is 61.4 Å². The van der Waals surface area contributed by atoms with Crippen LogP contribution in [0.15, 0.2) is 0 Å². The molecular weight excluding hydrogens is 266 g/mol. The molecule has 2 fully saturated rings. The van der Waals surface area contributed by atoms with Crippen molar-refractivity contribution in [3.63, 3.8) is 0 Å². The lowest BCUT2D eigenvalue weighted by molar-refractivity contribution is -0.132. The second-order valence-electron chi connectivity index (χ2n) is 6.31. The first kappa shape index (κ1) is 16.3. The normalized spacial score (nSPS) is 19.6. The molecule has 2 N–H and O–H groups in total. The van der Waals surface area contributed by atoms with E-state index in [1.54, 1.807) is 0 Å². The molecule has 1 saturated carbocycles. The molecule has 0 unspecified atom stereocenters. The maximum atomic E-state index is 12.1. The number of carbonyl (C=O) groups excluding carboxylic acids is 2. The van der Waals surface area contributed by atoms with Gasteiger partial charge in [0.2, 0.25) is 11.8 Å². The van der Waals surface area contributed by atoms with E-state index < -0.39 is 0 Å². The highest BCUT2D eigenvalue weighted by atomic mass is 16.2. The summed E-state index contributed by atoms with van der Waals surface area (Å²) in [5.74, 6) is 1.17. The van der Waals surface area contributed by atoms with Crippen molar-refractivity contribution in [2.45, 2.75) is 57.9 Å². The van der Waals surface area contributed by atoms with Gasteiger partial charge in [-0.05, 0) is 51.5 Å². The fraction of sp³-hybridized carbons (Fsp3) is 0.875. The average Bonchev–Trinajstić information content (AvgIpc) is 3.30. The van der Waals surface area contributed by atoms with Gasteiger partial charge in [-0.3, -0.25) is 9.59 Å². The number of rotatable bonds is 8. The molecule has 0 aromatic carbocycles. The number of hydrogen-bond acceptors (Lipinski definition) is 3. The first-order valence-electron chi connectivity index (χ1n) is 8.47. The van der Waals surface area contributed by atoms with Crippen molar-refractivity contribution in [1.29, 1.82) is 0 Å². The Balaban J connectivity index is 1.55. The predicted molar refractivity (Wildman–Crippen MR) is 82.9 cm³/mol. The predicted octanol–water partition coefficient (Wildman–Crippen LogP) is 1.28. The molecular formula is C16H29N3O2. The largest absolute Gasteiger partial charge is 0.356 e. The number of amides is 2. The van der Waals surface area contributed by atoms with E-state index in [1.807, 2.05) is 11.8 Å². The van der Waals surface area contributed by atoms with Crippen LogP contribution in [0, 0.1) is 5.92 Å². The third-order valence-corrected chi connectivity index (χ3v) is 4.41. The highest BCUT2D eigenvalue weighted by molar-refractivity contribution is 5.79. The number of carbonyl (C=O) groups is 2. The van der Waals surface area contributed by atoms with Gasteiger partial charge in [0.1, 0.15) is 0 Å². The summed E-state index contributed by atoms with van der Waals surface area (Å²) in [6.45, 7) is 5.45. The molecule has 0 atom stereocenters. The number of piperidine rings is 1. The smallest absolute Gasteiger partial charge is 0.222 e. The van der Waals surface area contributed by atoms with Crippen LogP contribution in [0.1, 0.15) is 51.9 Å². The molecule has 5 nitrogen and oxygen atoms in total. The van der Waals surface area contributed by atoms with Crippen LogP contribution in [0.2, 0.25) is 0 Å². The van der Waals surface area contributed by atoms with Crippen LogP contribution >= 0.6 is 0 Å². The quantitative estimate of drug-likeness (QED) is 0.709. The van der Waals surface area contributed by atoms with Crippen LogP contribution in [-0.4, -0.2) is 48.9 Å². The minimum absolute atomic E-state index is 0.0493. The average molecular weight is 295 g/mol. The van der Waals surface area contributed by atoms with E-state index in [9.17, 15) is 9.59 Å². The first-order valence-corrected chi connectivity index (χ1v) is 8.47. The van der Waals surface area contributed by atoms with Crippen LogP contribution in [0.25, 0.3) is 0 Å². The molecule has 2 amide bonds. The summed E-state index contributed by atoms with van der Waals surface area (Å²) in [5, 5.41) is 6.38. The minimum Gasteiger partial charge on any atom is -0.356 e. The molecule has 0 aromatic heterocycles. The molecule has 120 valence electrons. The Morgan fingerprint density at radius 2 is 1.81 bits per heavy atom. The third kappa shape index (κ3) is 6.04. The number of likely N-dealkylation sites (tertiary alicyclic amines) is 1. The van der Waals surface area contributed by atoms with E-state index in [4.69, 9.17) is 0 Å². The van der Waals surface area contributed by atoms with E-state index in [-0.39, 0.29) is 11.8 Å². The van der Waals surface area contributed by atoms with Gasteiger partial charge in [0, 0.05) is 38.5 Å². The SMILES string of the molecule is CCNC(=O)CCCC(=O)N1CCC(NCC2CC2)CC1. The van der Waals surface area contributed by atoms with Crippen molar-refractivity contribution in [3.05, 3.63) is 0 Å². The van der Waals surface area contributed by atoms with Crippen LogP contribution in [0.4, 0.5) is 0 Å². The summed E-state index contributed by atoms with van der Waals surface area (Å²) in [6.07, 6.45) is 6.51. The van der Waals surface area contributed by atoms with Crippen LogP contribution in [0.3, 0.4) is 0 Å². The molecule has 0 spiro atoms. The fourth-order valence-electron chi connectivity index (χ4n) is 2.83. The van der Waals surface area contributed by atoms with Crippen molar-refractivity contribution in [2.24, 2.45) is 5.92 Å². The molecule has 1 aliphatic heterocycles. The summed E-state index contributed by atoms with van der Waals surface area (Å²) in [6, 6.07) is 0.588. The minimum atomic E-state index is 0.0493. The van der Waals surface area contributed by atoms with Crippen molar-refractivity contribution >= 4 is 11.8 Å². The van der Waals surface area contributed by atoms with Gasteiger partial charge in [-0.25, -0.2) is 0 Å². The number of nitrogens with zero attached hydrogens (tertiary/aromatic N) is 1. The molecule has 2 rings (SSSR count). The fourth-order valence-corrected chi connectivity index (χ4v) is 2.83. The van der Waals surface area contributed by atoms with Crippen molar-refractivity contribution < 1.29 is 9.59 Å². The zero-order chi connectivity index (χ0) is 15.1. The number of nitrogens with one attached hydrogen (secondary N) is 2. The highest BCUT2D eigenvalue weighted by Gasteiger charge is 2.25. The van der Waals surface area contributed by atoms with Gasteiger partial charge in [0.05, 0.1) is 0 Å². The van der Waals surface area contributed by atoms with Crippen molar-refractivity contribution in [2.75, 3.05) is 26.2 Å².